The maximum atomic E-state index is 13.0. The number of aromatic nitrogens is 3. The third kappa shape index (κ3) is 4.09. The smallest absolute Gasteiger partial charge is 0.254 e. The molecule has 3 rings (SSSR count). The van der Waals surface area contributed by atoms with Gasteiger partial charge in [-0.3, -0.25) is 9.78 Å². The number of benzene rings is 1. The van der Waals surface area contributed by atoms with Gasteiger partial charge in [-0.05, 0) is 49.6 Å². The predicted molar refractivity (Wildman–Crippen MR) is 111 cm³/mol. The topological polar surface area (TPSA) is 59.0 Å². The summed E-state index contributed by atoms with van der Waals surface area (Å²) in [5.74, 6) is 0.729. The van der Waals surface area contributed by atoms with Crippen LogP contribution in [0.1, 0.15) is 53.7 Å². The second-order valence-electron chi connectivity index (χ2n) is 6.82. The van der Waals surface area contributed by atoms with E-state index < -0.39 is 0 Å². The number of pyridine rings is 1. The van der Waals surface area contributed by atoms with Crippen molar-refractivity contribution in [2.75, 3.05) is 7.05 Å². The molecule has 0 bridgehead atoms. The van der Waals surface area contributed by atoms with Gasteiger partial charge in [-0.2, -0.15) is 0 Å². The van der Waals surface area contributed by atoms with Crippen molar-refractivity contribution in [1.82, 2.24) is 19.9 Å². The van der Waals surface area contributed by atoms with Gasteiger partial charge in [0.25, 0.3) is 5.91 Å². The molecule has 0 unspecified atom stereocenters. The van der Waals surface area contributed by atoms with Crippen molar-refractivity contribution in [3.8, 4) is 11.3 Å². The Bertz CT molecular complexity index is 939. The number of amides is 1. The van der Waals surface area contributed by atoms with Crippen LogP contribution in [-0.4, -0.2) is 32.8 Å². The Morgan fingerprint density at radius 3 is 2.43 bits per heavy atom. The van der Waals surface area contributed by atoms with E-state index in [2.05, 4.69) is 28.8 Å². The highest BCUT2D eigenvalue weighted by atomic mass is 16.2. The fraction of sp³-hybridized carbons (Fsp3) is 0.304. The summed E-state index contributed by atoms with van der Waals surface area (Å²) in [5, 5.41) is 0. The third-order valence-corrected chi connectivity index (χ3v) is 4.97. The standard InChI is InChI=1S/C23H26N4O/c1-5-17-15-25-16(3)26-22(17)18-10-12-19(13-11-18)23(28)27(4)21(6-2)20-9-7-8-14-24-20/h7-15,21H,5-6H2,1-4H3/t21-/m0/s1. The molecule has 2 aromatic heterocycles. The van der Waals surface area contributed by atoms with Crippen LogP contribution in [0, 0.1) is 6.92 Å². The van der Waals surface area contributed by atoms with Gasteiger partial charge in [-0.15, -0.1) is 0 Å². The van der Waals surface area contributed by atoms with Gasteiger partial charge in [0.15, 0.2) is 0 Å². The molecule has 0 N–H and O–H groups in total. The third-order valence-electron chi connectivity index (χ3n) is 4.97. The Morgan fingerprint density at radius 1 is 1.07 bits per heavy atom. The highest BCUT2D eigenvalue weighted by molar-refractivity contribution is 5.94. The monoisotopic (exact) mass is 374 g/mol. The lowest BCUT2D eigenvalue weighted by Gasteiger charge is -2.27. The summed E-state index contributed by atoms with van der Waals surface area (Å²) in [6, 6.07) is 13.4. The Kier molecular flexibility index (Phi) is 6.14. The number of hydrogen-bond donors (Lipinski definition) is 0. The molecular weight excluding hydrogens is 348 g/mol. The number of carbonyl (C=O) groups excluding carboxylic acids is 1. The fourth-order valence-corrected chi connectivity index (χ4v) is 3.37. The van der Waals surface area contributed by atoms with Crippen molar-refractivity contribution in [1.29, 1.82) is 0 Å². The number of nitrogens with zero attached hydrogens (tertiary/aromatic N) is 4. The van der Waals surface area contributed by atoms with E-state index in [4.69, 9.17) is 0 Å². The molecule has 0 saturated heterocycles. The van der Waals surface area contributed by atoms with Crippen LogP contribution >= 0.6 is 0 Å². The van der Waals surface area contributed by atoms with Gasteiger partial charge >= 0.3 is 0 Å². The lowest BCUT2D eigenvalue weighted by atomic mass is 10.0. The van der Waals surface area contributed by atoms with Crippen LogP contribution in [0.4, 0.5) is 0 Å². The minimum Gasteiger partial charge on any atom is -0.333 e. The molecule has 1 amide bonds. The molecule has 0 aliphatic rings. The van der Waals surface area contributed by atoms with E-state index in [0.717, 1.165) is 41.2 Å². The van der Waals surface area contributed by atoms with Crippen molar-refractivity contribution >= 4 is 5.91 Å². The molecule has 5 nitrogen and oxygen atoms in total. The van der Waals surface area contributed by atoms with Crippen LogP contribution < -0.4 is 0 Å². The van der Waals surface area contributed by atoms with Gasteiger partial charge in [0.2, 0.25) is 0 Å². The summed E-state index contributed by atoms with van der Waals surface area (Å²) < 4.78 is 0. The average molecular weight is 374 g/mol. The summed E-state index contributed by atoms with van der Waals surface area (Å²) in [7, 11) is 1.84. The highest BCUT2D eigenvalue weighted by Gasteiger charge is 2.22. The summed E-state index contributed by atoms with van der Waals surface area (Å²) in [5.41, 5.74) is 4.59. The van der Waals surface area contributed by atoms with E-state index in [1.807, 2.05) is 62.6 Å². The molecule has 28 heavy (non-hydrogen) atoms. The molecule has 0 saturated carbocycles. The zero-order valence-corrected chi connectivity index (χ0v) is 16.9. The Labute approximate surface area is 166 Å². The maximum absolute atomic E-state index is 13.0. The number of rotatable bonds is 6. The van der Waals surface area contributed by atoms with E-state index in [-0.39, 0.29) is 11.9 Å². The van der Waals surface area contributed by atoms with E-state index in [0.29, 0.717) is 5.56 Å². The zero-order valence-electron chi connectivity index (χ0n) is 16.9. The second kappa shape index (κ2) is 8.74. The average Bonchev–Trinajstić information content (AvgIpc) is 2.74. The quantitative estimate of drug-likeness (QED) is 0.631. The lowest BCUT2D eigenvalue weighted by Crippen LogP contribution is -2.31. The molecule has 0 aliphatic carbocycles. The summed E-state index contributed by atoms with van der Waals surface area (Å²) >= 11 is 0. The van der Waals surface area contributed by atoms with Crippen molar-refractivity contribution < 1.29 is 4.79 Å². The fourth-order valence-electron chi connectivity index (χ4n) is 3.37. The van der Waals surface area contributed by atoms with Crippen LogP contribution in [-0.2, 0) is 6.42 Å². The molecule has 1 atom stereocenters. The normalized spacial score (nSPS) is 11.9. The molecular formula is C23H26N4O. The van der Waals surface area contributed by atoms with E-state index >= 15 is 0 Å². The number of carbonyl (C=O) groups is 1. The van der Waals surface area contributed by atoms with Crippen LogP contribution in [0.3, 0.4) is 0 Å². The minimum absolute atomic E-state index is 0.0152. The Morgan fingerprint density at radius 2 is 1.82 bits per heavy atom. The first-order valence-electron chi connectivity index (χ1n) is 9.66. The molecule has 1 aromatic carbocycles. The zero-order chi connectivity index (χ0) is 20.1. The Balaban J connectivity index is 1.85. The van der Waals surface area contributed by atoms with Gasteiger partial charge in [-0.1, -0.05) is 32.0 Å². The van der Waals surface area contributed by atoms with E-state index in [1.54, 1.807) is 11.1 Å². The van der Waals surface area contributed by atoms with Gasteiger partial charge < -0.3 is 4.90 Å². The van der Waals surface area contributed by atoms with Gasteiger partial charge in [0.05, 0.1) is 17.4 Å². The molecule has 5 heteroatoms. The predicted octanol–water partition coefficient (Wildman–Crippen LogP) is 4.63. The lowest BCUT2D eigenvalue weighted by molar-refractivity contribution is 0.0723. The van der Waals surface area contributed by atoms with Crippen LogP contribution in [0.25, 0.3) is 11.3 Å². The first-order valence-corrected chi connectivity index (χ1v) is 9.66. The minimum atomic E-state index is -0.0513. The van der Waals surface area contributed by atoms with Crippen molar-refractivity contribution in [2.45, 2.75) is 39.7 Å². The van der Waals surface area contributed by atoms with E-state index in [1.165, 1.54) is 0 Å². The van der Waals surface area contributed by atoms with Gasteiger partial charge in [-0.25, -0.2) is 9.97 Å². The van der Waals surface area contributed by atoms with Crippen LogP contribution in [0.5, 0.6) is 0 Å². The van der Waals surface area contributed by atoms with Crippen molar-refractivity contribution in [3.05, 3.63) is 77.5 Å². The summed E-state index contributed by atoms with van der Waals surface area (Å²) in [4.78, 5) is 28.1. The van der Waals surface area contributed by atoms with Gasteiger partial charge in [0.1, 0.15) is 5.82 Å². The maximum Gasteiger partial charge on any atom is 0.254 e. The molecule has 0 radical (unpaired) electrons. The van der Waals surface area contributed by atoms with Crippen molar-refractivity contribution in [2.24, 2.45) is 0 Å². The first kappa shape index (κ1) is 19.7. The summed E-state index contributed by atoms with van der Waals surface area (Å²) in [6.07, 6.45) is 5.31. The molecule has 144 valence electrons. The van der Waals surface area contributed by atoms with Crippen molar-refractivity contribution in [3.63, 3.8) is 0 Å². The molecule has 3 aromatic rings. The Hall–Kier alpha value is -3.08. The highest BCUT2D eigenvalue weighted by Crippen LogP contribution is 2.25. The van der Waals surface area contributed by atoms with Gasteiger partial charge in [0, 0.05) is 30.6 Å². The molecule has 0 aliphatic heterocycles. The van der Waals surface area contributed by atoms with E-state index in [9.17, 15) is 4.79 Å². The largest absolute Gasteiger partial charge is 0.333 e. The summed E-state index contributed by atoms with van der Waals surface area (Å²) in [6.45, 7) is 6.04. The second-order valence-corrected chi connectivity index (χ2v) is 6.82. The molecule has 0 fully saturated rings. The number of aryl methyl sites for hydroxylation is 2. The molecule has 0 spiro atoms. The molecule has 2 heterocycles. The number of hydrogen-bond acceptors (Lipinski definition) is 4. The van der Waals surface area contributed by atoms with Crippen LogP contribution in [0.2, 0.25) is 0 Å². The SMILES string of the molecule is CCc1cnc(C)nc1-c1ccc(C(=O)N(C)[C@@H](CC)c2ccccn2)cc1. The van der Waals surface area contributed by atoms with Crippen LogP contribution in [0.15, 0.2) is 54.9 Å². The first-order chi connectivity index (χ1) is 13.5.